The van der Waals surface area contributed by atoms with Gasteiger partial charge in [-0.05, 0) is 26.0 Å². The number of pyridine rings is 1. The predicted molar refractivity (Wildman–Crippen MR) is 101 cm³/mol. The number of aromatic nitrogens is 1. The molecule has 0 unspecified atom stereocenters. The van der Waals surface area contributed by atoms with Gasteiger partial charge in [-0.3, -0.25) is 9.88 Å². The maximum atomic E-state index is 14.2. The van der Waals surface area contributed by atoms with E-state index in [2.05, 4.69) is 29.8 Å². The van der Waals surface area contributed by atoms with Crippen LogP contribution in [0.2, 0.25) is 5.02 Å². The molecule has 1 aliphatic rings. The first kappa shape index (κ1) is 18.8. The van der Waals surface area contributed by atoms with Crippen LogP contribution in [-0.2, 0) is 4.74 Å². The van der Waals surface area contributed by atoms with Gasteiger partial charge in [0.2, 0.25) is 0 Å². The average Bonchev–Trinajstić information content (AvgIpc) is 2.61. The van der Waals surface area contributed by atoms with E-state index in [1.807, 2.05) is 11.9 Å². The SMILES string of the molecule is C[C@@H]1CN(CCN(C)c2c(C#N)cnc3c(F)ccc(Cl)c23)C[C@H](C)O1. The van der Waals surface area contributed by atoms with E-state index in [0.29, 0.717) is 28.2 Å². The van der Waals surface area contributed by atoms with E-state index in [4.69, 9.17) is 16.3 Å². The first-order valence-electron chi connectivity index (χ1n) is 8.66. The summed E-state index contributed by atoms with van der Waals surface area (Å²) in [5.41, 5.74) is 1.19. The lowest BCUT2D eigenvalue weighted by Gasteiger charge is -2.36. The van der Waals surface area contributed by atoms with Gasteiger partial charge >= 0.3 is 0 Å². The Morgan fingerprint density at radius 1 is 1.38 bits per heavy atom. The molecule has 0 aliphatic carbocycles. The van der Waals surface area contributed by atoms with Gasteiger partial charge in [0.05, 0.1) is 28.5 Å². The Hall–Kier alpha value is -1.94. The number of benzene rings is 1. The number of hydrogen-bond acceptors (Lipinski definition) is 5. The highest BCUT2D eigenvalue weighted by molar-refractivity contribution is 6.36. The van der Waals surface area contributed by atoms with Crippen molar-refractivity contribution in [2.24, 2.45) is 0 Å². The number of anilines is 1. The van der Waals surface area contributed by atoms with Crippen LogP contribution in [0, 0.1) is 17.1 Å². The van der Waals surface area contributed by atoms with Gasteiger partial charge in [-0.25, -0.2) is 4.39 Å². The Balaban J connectivity index is 1.89. The second kappa shape index (κ2) is 7.75. The lowest BCUT2D eigenvalue weighted by Crippen LogP contribution is -2.47. The molecular formula is C19H22ClFN4O. The summed E-state index contributed by atoms with van der Waals surface area (Å²) in [6, 6.07) is 4.95. The molecule has 1 fully saturated rings. The highest BCUT2D eigenvalue weighted by Crippen LogP contribution is 2.35. The van der Waals surface area contributed by atoms with E-state index in [1.54, 1.807) is 0 Å². The normalized spacial score (nSPS) is 20.9. The van der Waals surface area contributed by atoms with Crippen molar-refractivity contribution in [3.63, 3.8) is 0 Å². The van der Waals surface area contributed by atoms with Crippen molar-refractivity contribution in [3.05, 3.63) is 34.7 Å². The summed E-state index contributed by atoms with van der Waals surface area (Å²) in [6.45, 7) is 7.37. The Kier molecular flexibility index (Phi) is 5.61. The third kappa shape index (κ3) is 3.75. The minimum absolute atomic E-state index is 0.187. The molecule has 1 aromatic heterocycles. The zero-order valence-corrected chi connectivity index (χ0v) is 15.9. The Labute approximate surface area is 157 Å². The standard InChI is InChI=1S/C19H22ClFN4O/c1-12-10-25(11-13(2)26-12)7-6-24(3)19-14(8-22)9-23-18-16(21)5-4-15(20)17(18)19/h4-5,9,12-13H,6-7,10-11H2,1-3H3/t12-,13+. The van der Waals surface area contributed by atoms with Gasteiger partial charge in [-0.2, -0.15) is 5.26 Å². The Morgan fingerprint density at radius 2 is 2.08 bits per heavy atom. The Morgan fingerprint density at radius 3 is 2.73 bits per heavy atom. The quantitative estimate of drug-likeness (QED) is 0.818. The number of fused-ring (bicyclic) bond motifs is 1. The van der Waals surface area contributed by atoms with Gasteiger partial charge < -0.3 is 9.64 Å². The van der Waals surface area contributed by atoms with Crippen LogP contribution in [0.3, 0.4) is 0 Å². The molecule has 7 heteroatoms. The smallest absolute Gasteiger partial charge is 0.149 e. The number of nitriles is 1. The van der Waals surface area contributed by atoms with Crippen molar-refractivity contribution in [2.75, 3.05) is 38.1 Å². The van der Waals surface area contributed by atoms with E-state index in [0.717, 1.165) is 19.6 Å². The van der Waals surface area contributed by atoms with Gasteiger partial charge in [-0.15, -0.1) is 0 Å². The maximum absolute atomic E-state index is 14.2. The highest BCUT2D eigenvalue weighted by Gasteiger charge is 2.23. The van der Waals surface area contributed by atoms with E-state index in [-0.39, 0.29) is 17.7 Å². The molecule has 2 heterocycles. The first-order chi connectivity index (χ1) is 12.4. The van der Waals surface area contributed by atoms with E-state index in [9.17, 15) is 9.65 Å². The number of halogens is 2. The van der Waals surface area contributed by atoms with Crippen LogP contribution in [-0.4, -0.2) is 55.3 Å². The molecule has 2 aromatic rings. The monoisotopic (exact) mass is 376 g/mol. The predicted octanol–water partition coefficient (Wildman–Crippen LogP) is 3.44. The molecule has 0 bridgehead atoms. The fourth-order valence-electron chi connectivity index (χ4n) is 3.57. The molecule has 2 atom stereocenters. The summed E-state index contributed by atoms with van der Waals surface area (Å²) in [4.78, 5) is 8.39. The van der Waals surface area contributed by atoms with Gasteiger partial charge in [-0.1, -0.05) is 11.6 Å². The molecular weight excluding hydrogens is 355 g/mol. The zero-order valence-electron chi connectivity index (χ0n) is 15.2. The van der Waals surface area contributed by atoms with Crippen LogP contribution < -0.4 is 4.90 Å². The van der Waals surface area contributed by atoms with Gasteiger partial charge in [0.1, 0.15) is 17.4 Å². The van der Waals surface area contributed by atoms with Crippen molar-refractivity contribution >= 4 is 28.2 Å². The summed E-state index contributed by atoms with van der Waals surface area (Å²) in [5.74, 6) is -0.445. The molecule has 1 saturated heterocycles. The molecule has 0 saturated carbocycles. The number of ether oxygens (including phenoxy) is 1. The van der Waals surface area contributed by atoms with Crippen molar-refractivity contribution < 1.29 is 9.13 Å². The molecule has 26 heavy (non-hydrogen) atoms. The number of morpholine rings is 1. The maximum Gasteiger partial charge on any atom is 0.149 e. The molecule has 0 spiro atoms. The van der Waals surface area contributed by atoms with Crippen molar-refractivity contribution in [1.29, 1.82) is 5.26 Å². The molecule has 0 N–H and O–H groups in total. The second-order valence-electron chi connectivity index (χ2n) is 6.82. The van der Waals surface area contributed by atoms with Gasteiger partial charge in [0.15, 0.2) is 0 Å². The summed E-state index contributed by atoms with van der Waals surface area (Å²) >= 11 is 6.32. The highest BCUT2D eigenvalue weighted by atomic mass is 35.5. The molecule has 5 nitrogen and oxygen atoms in total. The molecule has 1 aliphatic heterocycles. The number of rotatable bonds is 4. The zero-order chi connectivity index (χ0) is 18.8. The van der Waals surface area contributed by atoms with E-state index >= 15 is 0 Å². The number of hydrogen-bond donors (Lipinski definition) is 0. The largest absolute Gasteiger partial charge is 0.373 e. The average molecular weight is 377 g/mol. The summed E-state index contributed by atoms with van der Waals surface area (Å²) in [6.07, 6.45) is 1.81. The Bertz CT molecular complexity index is 844. The van der Waals surface area contributed by atoms with Crippen LogP contribution in [0.15, 0.2) is 18.3 Å². The third-order valence-electron chi connectivity index (χ3n) is 4.64. The van der Waals surface area contributed by atoms with Crippen molar-refractivity contribution in [1.82, 2.24) is 9.88 Å². The van der Waals surface area contributed by atoms with Crippen LogP contribution >= 0.6 is 11.6 Å². The fourth-order valence-corrected chi connectivity index (χ4v) is 3.81. The molecule has 0 amide bonds. The van der Waals surface area contributed by atoms with Crippen LogP contribution in [0.4, 0.5) is 10.1 Å². The minimum atomic E-state index is -0.445. The minimum Gasteiger partial charge on any atom is -0.373 e. The summed E-state index contributed by atoms with van der Waals surface area (Å²) in [5, 5.41) is 10.4. The van der Waals surface area contributed by atoms with Crippen LogP contribution in [0.1, 0.15) is 19.4 Å². The van der Waals surface area contributed by atoms with Crippen LogP contribution in [0.25, 0.3) is 10.9 Å². The van der Waals surface area contributed by atoms with Crippen LogP contribution in [0.5, 0.6) is 0 Å². The van der Waals surface area contributed by atoms with E-state index in [1.165, 1.54) is 18.3 Å². The fraction of sp³-hybridized carbons (Fsp3) is 0.474. The number of likely N-dealkylation sites (N-methyl/N-ethyl adjacent to an activating group) is 1. The van der Waals surface area contributed by atoms with Gasteiger partial charge in [0.25, 0.3) is 0 Å². The molecule has 3 rings (SSSR count). The van der Waals surface area contributed by atoms with Crippen molar-refractivity contribution in [2.45, 2.75) is 26.1 Å². The molecule has 0 radical (unpaired) electrons. The summed E-state index contributed by atoms with van der Waals surface area (Å²) in [7, 11) is 1.89. The first-order valence-corrected chi connectivity index (χ1v) is 9.04. The van der Waals surface area contributed by atoms with E-state index < -0.39 is 5.82 Å². The molecule has 1 aromatic carbocycles. The third-order valence-corrected chi connectivity index (χ3v) is 4.96. The lowest BCUT2D eigenvalue weighted by molar-refractivity contribution is -0.0670. The summed E-state index contributed by atoms with van der Waals surface area (Å²) < 4.78 is 19.9. The van der Waals surface area contributed by atoms with Gasteiger partial charge in [0, 0.05) is 44.8 Å². The number of nitrogens with zero attached hydrogens (tertiary/aromatic N) is 4. The second-order valence-corrected chi connectivity index (χ2v) is 7.23. The lowest BCUT2D eigenvalue weighted by atomic mass is 10.1. The topological polar surface area (TPSA) is 52.4 Å². The molecule has 138 valence electrons. The van der Waals surface area contributed by atoms with Crippen molar-refractivity contribution in [3.8, 4) is 6.07 Å².